The highest BCUT2D eigenvalue weighted by molar-refractivity contribution is 6.90. The number of fused-ring (bicyclic) bond motifs is 12. The van der Waals surface area contributed by atoms with E-state index in [2.05, 4.69) is 233 Å². The average Bonchev–Trinajstić information content (AvgIpc) is 3.78. The summed E-state index contributed by atoms with van der Waals surface area (Å²) in [4.78, 5) is 0. The molecule has 0 spiro atoms. The molecule has 4 heterocycles. The summed E-state index contributed by atoms with van der Waals surface area (Å²) in [6, 6.07) is 50.7. The molecule has 0 radical (unpaired) electrons. The van der Waals surface area contributed by atoms with Gasteiger partial charge in [-0.3, -0.25) is 0 Å². The van der Waals surface area contributed by atoms with Crippen LogP contribution < -0.4 is 10.9 Å². The minimum absolute atomic E-state index is 0.0117. The third-order valence-electron chi connectivity index (χ3n) is 15.7. The van der Waals surface area contributed by atoms with Gasteiger partial charge in [-0.1, -0.05) is 162 Å². The smallest absolute Gasteiger partial charge is 0.333 e. The molecule has 2 aliphatic heterocycles. The zero-order valence-corrected chi connectivity index (χ0v) is 42.1. The van der Waals surface area contributed by atoms with Gasteiger partial charge in [0.15, 0.2) is 0 Å². The van der Waals surface area contributed by atoms with Crippen LogP contribution in [0.15, 0.2) is 127 Å². The van der Waals surface area contributed by atoms with Crippen molar-refractivity contribution >= 4 is 72.2 Å². The second-order valence-corrected chi connectivity index (χ2v) is 24.4. The van der Waals surface area contributed by atoms with E-state index in [4.69, 9.17) is 0 Å². The Morgan fingerprint density at radius 2 is 1.03 bits per heavy atom. The van der Waals surface area contributed by atoms with Crippen LogP contribution in [0.3, 0.4) is 0 Å². The molecule has 0 amide bonds. The number of hydrogen-bond acceptors (Lipinski definition) is 0. The molecule has 0 fully saturated rings. The summed E-state index contributed by atoms with van der Waals surface area (Å²) < 4.78 is 5.44. The van der Waals surface area contributed by atoms with Crippen molar-refractivity contribution in [3.63, 3.8) is 0 Å². The Balaban J connectivity index is 1.30. The normalized spacial score (nSPS) is 13.8. The zero-order valence-electron chi connectivity index (χ0n) is 42.1. The van der Waals surface area contributed by atoms with Crippen molar-refractivity contribution in [1.29, 1.82) is 0 Å². The molecule has 67 heavy (non-hydrogen) atoms. The summed E-state index contributed by atoms with van der Waals surface area (Å²) in [7, 11) is 0. The first kappa shape index (κ1) is 42.1. The number of aryl methyl sites for hydroxylation is 2. The van der Waals surface area contributed by atoms with Gasteiger partial charge in [-0.15, -0.1) is 0 Å². The molecule has 8 aromatic carbocycles. The predicted octanol–water partition coefficient (Wildman–Crippen LogP) is 16.1. The lowest BCUT2D eigenvalue weighted by molar-refractivity contribution is 0.569. The molecule has 2 nitrogen and oxygen atoms in total. The van der Waals surface area contributed by atoms with Crippen molar-refractivity contribution in [2.75, 3.05) is 0 Å². The summed E-state index contributed by atoms with van der Waals surface area (Å²) >= 11 is 0. The van der Waals surface area contributed by atoms with Gasteiger partial charge in [0.05, 0.1) is 11.0 Å². The van der Waals surface area contributed by atoms with Crippen molar-refractivity contribution in [1.82, 2.24) is 9.05 Å². The number of aromatic nitrogens is 2. The maximum atomic E-state index is 2.76. The van der Waals surface area contributed by atoms with Crippen LogP contribution >= 0.6 is 0 Å². The van der Waals surface area contributed by atoms with Crippen LogP contribution in [0.4, 0.5) is 0 Å². The van der Waals surface area contributed by atoms with E-state index >= 15 is 0 Å². The predicted molar refractivity (Wildman–Crippen MR) is 292 cm³/mol. The Morgan fingerprint density at radius 1 is 0.418 bits per heavy atom. The second-order valence-electron chi connectivity index (χ2n) is 24.4. The molecule has 3 heteroatoms. The van der Waals surface area contributed by atoms with Gasteiger partial charge in [-0.05, 0) is 167 Å². The molecule has 12 rings (SSSR count). The topological polar surface area (TPSA) is 9.86 Å². The molecule has 0 atom stereocenters. The molecule has 0 bridgehead atoms. The summed E-state index contributed by atoms with van der Waals surface area (Å²) in [6.07, 6.45) is 0. The molecule has 2 aromatic heterocycles. The Labute approximate surface area is 397 Å². The first-order chi connectivity index (χ1) is 31.6. The lowest BCUT2D eigenvalue weighted by atomic mass is 9.45. The van der Waals surface area contributed by atoms with Gasteiger partial charge in [-0.25, -0.2) is 0 Å². The maximum absolute atomic E-state index is 2.76. The fourth-order valence-electron chi connectivity index (χ4n) is 11.9. The van der Waals surface area contributed by atoms with Crippen LogP contribution in [-0.2, 0) is 21.7 Å². The Hall–Kier alpha value is -6.32. The first-order valence-corrected chi connectivity index (χ1v) is 24.6. The van der Waals surface area contributed by atoms with Gasteiger partial charge in [0, 0.05) is 43.8 Å². The standard InChI is InChI=1S/C64H63BN2/c1-36-18-17-19-37(2)56(36)39-22-24-53-51(28-39)57-46-21-16-15-20-38(46)30-52-60(57)66(53)55-31-41(40-26-43(62(6,7)8)32-44(27-40)63(9,10)11)29-48-50-35-45(64(12,13)14)34-49-47-33-42(61(3,4)5)23-25-54(47)67(59(49)50)65(52)58(48)55/h15-35H,1-14H3. The number of hydrogen-bond donors (Lipinski definition) is 0. The van der Waals surface area contributed by atoms with E-state index in [9.17, 15) is 0 Å². The summed E-state index contributed by atoms with van der Waals surface area (Å²) in [5.41, 5.74) is 25.1. The Kier molecular flexibility index (Phi) is 8.57. The van der Waals surface area contributed by atoms with E-state index < -0.39 is 0 Å². The lowest BCUT2D eigenvalue weighted by Crippen LogP contribution is -2.55. The SMILES string of the molecule is Cc1cccc(C)c1-c1ccc2c(c1)c1c3ccccc3cc3c1n2-c1cc(-c2cc(C(C)(C)C)cc(C(C)(C)C)c2)cc2c1B3n1c3ccc(C(C)(C)C)cc3c3cc(C(C)(C)C)cc-2c31. The number of nitrogens with zero attached hydrogens (tertiary/aromatic N) is 2. The van der Waals surface area contributed by atoms with Crippen molar-refractivity contribution in [3.05, 3.63) is 161 Å². The number of benzene rings is 8. The highest BCUT2D eigenvalue weighted by atomic mass is 15.0. The third-order valence-corrected chi connectivity index (χ3v) is 15.7. The highest BCUT2D eigenvalue weighted by Crippen LogP contribution is 2.49. The van der Waals surface area contributed by atoms with Crippen LogP contribution in [0.1, 0.15) is 116 Å². The molecule has 10 aromatic rings. The van der Waals surface area contributed by atoms with E-state index in [0.29, 0.717) is 0 Å². The zero-order chi connectivity index (χ0) is 47.0. The fraction of sp³-hybridized carbons (Fsp3) is 0.281. The van der Waals surface area contributed by atoms with Crippen LogP contribution in [-0.4, -0.2) is 15.9 Å². The van der Waals surface area contributed by atoms with Gasteiger partial charge in [0.25, 0.3) is 0 Å². The largest absolute Gasteiger partial charge is 0.375 e. The van der Waals surface area contributed by atoms with Crippen molar-refractivity contribution in [3.8, 4) is 39.1 Å². The van der Waals surface area contributed by atoms with Crippen LogP contribution in [0.5, 0.6) is 0 Å². The Morgan fingerprint density at radius 3 is 1.70 bits per heavy atom. The summed E-state index contributed by atoms with van der Waals surface area (Å²) in [5, 5.41) is 7.94. The minimum atomic E-state index is -0.0562. The Bertz CT molecular complexity index is 3750. The molecular formula is C64H63BN2. The van der Waals surface area contributed by atoms with Gasteiger partial charge >= 0.3 is 6.85 Å². The third kappa shape index (κ3) is 6.08. The van der Waals surface area contributed by atoms with E-state index in [1.54, 1.807) is 0 Å². The molecule has 332 valence electrons. The highest BCUT2D eigenvalue weighted by Gasteiger charge is 2.43. The molecule has 0 saturated carbocycles. The first-order valence-electron chi connectivity index (χ1n) is 24.6. The van der Waals surface area contributed by atoms with Gasteiger partial charge in [0.2, 0.25) is 0 Å². The van der Waals surface area contributed by atoms with Gasteiger partial charge in [-0.2, -0.15) is 0 Å². The molecule has 2 aliphatic rings. The van der Waals surface area contributed by atoms with Crippen LogP contribution in [0.2, 0.25) is 0 Å². The molecule has 0 saturated heterocycles. The quantitative estimate of drug-likeness (QED) is 0.153. The van der Waals surface area contributed by atoms with E-state index in [0.717, 1.165) is 0 Å². The summed E-state index contributed by atoms with van der Waals surface area (Å²) in [5.74, 6) is 0. The van der Waals surface area contributed by atoms with E-state index in [-0.39, 0.29) is 28.5 Å². The second kappa shape index (κ2) is 13.7. The molecule has 0 aliphatic carbocycles. The van der Waals surface area contributed by atoms with Gasteiger partial charge < -0.3 is 9.05 Å². The van der Waals surface area contributed by atoms with Crippen molar-refractivity contribution < 1.29 is 0 Å². The number of rotatable bonds is 2. The van der Waals surface area contributed by atoms with Crippen LogP contribution in [0.25, 0.3) is 93.5 Å². The molecular weight excluding hydrogens is 808 g/mol. The lowest BCUT2D eigenvalue weighted by Gasteiger charge is -2.35. The van der Waals surface area contributed by atoms with E-state index in [1.165, 1.54) is 138 Å². The van der Waals surface area contributed by atoms with Crippen LogP contribution in [0, 0.1) is 13.8 Å². The molecule has 0 unspecified atom stereocenters. The monoisotopic (exact) mass is 871 g/mol. The van der Waals surface area contributed by atoms with E-state index in [1.807, 2.05) is 0 Å². The van der Waals surface area contributed by atoms with Crippen molar-refractivity contribution in [2.24, 2.45) is 0 Å². The average molecular weight is 871 g/mol. The minimum Gasteiger partial charge on any atom is -0.375 e. The summed E-state index contributed by atoms with van der Waals surface area (Å²) in [6.45, 7) is 32.8. The maximum Gasteiger partial charge on any atom is 0.333 e. The fourth-order valence-corrected chi connectivity index (χ4v) is 11.9. The van der Waals surface area contributed by atoms with Gasteiger partial charge in [0.1, 0.15) is 0 Å². The van der Waals surface area contributed by atoms with Crippen molar-refractivity contribution in [2.45, 2.75) is 119 Å². The molecule has 0 N–H and O–H groups in total.